The third kappa shape index (κ3) is 1.27. The van der Waals surface area contributed by atoms with E-state index in [0.717, 1.165) is 11.4 Å². The average molecular weight is 152 g/mol. The van der Waals surface area contributed by atoms with Gasteiger partial charge in [-0.3, -0.25) is 4.57 Å². The lowest BCUT2D eigenvalue weighted by atomic mass is 10.3. The zero-order valence-electron chi connectivity index (χ0n) is 7.01. The molecule has 0 bridgehead atoms. The minimum absolute atomic E-state index is 0.0596. The van der Waals surface area contributed by atoms with Crippen LogP contribution in [0.25, 0.3) is 6.08 Å². The van der Waals surface area contributed by atoms with Gasteiger partial charge >= 0.3 is 5.69 Å². The van der Waals surface area contributed by atoms with E-state index >= 15 is 0 Å². The Morgan fingerprint density at radius 3 is 2.55 bits per heavy atom. The van der Waals surface area contributed by atoms with Gasteiger partial charge in [-0.25, -0.2) is 4.79 Å². The van der Waals surface area contributed by atoms with Gasteiger partial charge in [0.2, 0.25) is 0 Å². The van der Waals surface area contributed by atoms with Crippen molar-refractivity contribution in [2.75, 3.05) is 0 Å². The van der Waals surface area contributed by atoms with Crippen molar-refractivity contribution in [3.8, 4) is 0 Å². The van der Waals surface area contributed by atoms with Crippen molar-refractivity contribution in [3.05, 3.63) is 27.9 Å². The number of aromatic amines is 1. The molecule has 0 saturated carbocycles. The van der Waals surface area contributed by atoms with Gasteiger partial charge in [0, 0.05) is 12.7 Å². The Kier molecular flexibility index (Phi) is 1.98. The Labute approximate surface area is 65.4 Å². The first-order chi connectivity index (χ1) is 5.16. The highest BCUT2D eigenvalue weighted by Crippen LogP contribution is 2.01. The summed E-state index contributed by atoms with van der Waals surface area (Å²) in [5.74, 6) is 0. The molecule has 3 heteroatoms. The van der Waals surface area contributed by atoms with Gasteiger partial charge in [0.15, 0.2) is 0 Å². The van der Waals surface area contributed by atoms with Crippen molar-refractivity contribution in [2.24, 2.45) is 7.05 Å². The summed E-state index contributed by atoms with van der Waals surface area (Å²) in [5.41, 5.74) is 1.80. The van der Waals surface area contributed by atoms with Crippen LogP contribution in [0.3, 0.4) is 0 Å². The van der Waals surface area contributed by atoms with Crippen LogP contribution in [0.5, 0.6) is 0 Å². The third-order valence-corrected chi connectivity index (χ3v) is 1.77. The lowest BCUT2D eigenvalue weighted by Gasteiger charge is -1.91. The maximum atomic E-state index is 11.0. The number of hydrogen-bond donors (Lipinski definition) is 1. The molecule has 3 nitrogen and oxygen atoms in total. The van der Waals surface area contributed by atoms with Crippen LogP contribution in [0, 0.1) is 6.92 Å². The molecule has 1 heterocycles. The second-order valence-electron chi connectivity index (χ2n) is 2.49. The number of aromatic nitrogens is 2. The smallest absolute Gasteiger partial charge is 0.306 e. The summed E-state index contributed by atoms with van der Waals surface area (Å²) < 4.78 is 1.59. The Hall–Kier alpha value is -1.25. The Bertz CT molecular complexity index is 330. The number of nitrogens with zero attached hydrogens (tertiary/aromatic N) is 1. The lowest BCUT2D eigenvalue weighted by molar-refractivity contribution is 0.830. The Balaban J connectivity index is 3.30. The normalized spacial score (nSPS) is 11.2. The summed E-state index contributed by atoms with van der Waals surface area (Å²) in [5, 5.41) is 0. The van der Waals surface area contributed by atoms with Crippen molar-refractivity contribution in [3.63, 3.8) is 0 Å². The molecule has 0 saturated heterocycles. The minimum atomic E-state index is -0.0596. The minimum Gasteiger partial charge on any atom is -0.306 e. The number of nitrogens with one attached hydrogen (secondary N) is 1. The molecule has 1 rings (SSSR count). The highest BCUT2D eigenvalue weighted by Gasteiger charge is 2.01. The Morgan fingerprint density at radius 1 is 1.55 bits per heavy atom. The fourth-order valence-electron chi connectivity index (χ4n) is 0.951. The number of hydrogen-bond acceptors (Lipinski definition) is 1. The first kappa shape index (κ1) is 7.85. The molecule has 0 aromatic carbocycles. The monoisotopic (exact) mass is 152 g/mol. The van der Waals surface area contributed by atoms with Gasteiger partial charge in [-0.15, -0.1) is 0 Å². The fourth-order valence-corrected chi connectivity index (χ4v) is 0.951. The topological polar surface area (TPSA) is 37.8 Å². The quantitative estimate of drug-likeness (QED) is 0.641. The molecule has 0 radical (unpaired) electrons. The van der Waals surface area contributed by atoms with Crippen LogP contribution in [0.2, 0.25) is 0 Å². The summed E-state index contributed by atoms with van der Waals surface area (Å²) in [7, 11) is 1.75. The van der Waals surface area contributed by atoms with E-state index in [0.29, 0.717) is 0 Å². The maximum absolute atomic E-state index is 11.0. The first-order valence-corrected chi connectivity index (χ1v) is 3.55. The predicted octanol–water partition coefficient (Wildman–Crippen LogP) is 1.05. The van der Waals surface area contributed by atoms with Gasteiger partial charge in [0.25, 0.3) is 0 Å². The van der Waals surface area contributed by atoms with Crippen molar-refractivity contribution >= 4 is 6.08 Å². The van der Waals surface area contributed by atoms with Crippen molar-refractivity contribution in [1.29, 1.82) is 0 Å². The molecular weight excluding hydrogens is 140 g/mol. The molecular formula is C8H12N2O. The zero-order valence-corrected chi connectivity index (χ0v) is 7.01. The van der Waals surface area contributed by atoms with Gasteiger partial charge < -0.3 is 4.98 Å². The largest absolute Gasteiger partial charge is 0.325 e. The highest BCUT2D eigenvalue weighted by atomic mass is 16.1. The molecule has 0 atom stereocenters. The van der Waals surface area contributed by atoms with Crippen LogP contribution in [0.1, 0.15) is 18.3 Å². The van der Waals surface area contributed by atoms with Crippen molar-refractivity contribution < 1.29 is 0 Å². The van der Waals surface area contributed by atoms with Gasteiger partial charge in [0.1, 0.15) is 0 Å². The number of allylic oxidation sites excluding steroid dienone is 1. The van der Waals surface area contributed by atoms with E-state index in [-0.39, 0.29) is 5.69 Å². The molecule has 0 aliphatic heterocycles. The molecule has 0 aliphatic carbocycles. The number of imidazole rings is 1. The molecule has 11 heavy (non-hydrogen) atoms. The van der Waals surface area contributed by atoms with E-state index in [2.05, 4.69) is 4.98 Å². The second-order valence-corrected chi connectivity index (χ2v) is 2.49. The predicted molar refractivity (Wildman–Crippen MR) is 45.5 cm³/mol. The van der Waals surface area contributed by atoms with Crippen LogP contribution in [0.4, 0.5) is 0 Å². The maximum Gasteiger partial charge on any atom is 0.325 e. The third-order valence-electron chi connectivity index (χ3n) is 1.77. The second kappa shape index (κ2) is 2.78. The van der Waals surface area contributed by atoms with Crippen LogP contribution >= 0.6 is 0 Å². The Morgan fingerprint density at radius 2 is 2.18 bits per heavy atom. The van der Waals surface area contributed by atoms with Crippen LogP contribution in [-0.2, 0) is 7.05 Å². The number of rotatable bonds is 1. The molecule has 1 aromatic rings. The van der Waals surface area contributed by atoms with E-state index in [1.165, 1.54) is 0 Å². The van der Waals surface area contributed by atoms with Gasteiger partial charge in [0.05, 0.1) is 5.69 Å². The lowest BCUT2D eigenvalue weighted by Crippen LogP contribution is -2.12. The van der Waals surface area contributed by atoms with E-state index in [1.54, 1.807) is 11.6 Å². The molecule has 0 fully saturated rings. The fraction of sp³-hybridized carbons (Fsp3) is 0.375. The highest BCUT2D eigenvalue weighted by molar-refractivity contribution is 5.46. The SMILES string of the molecule is C/C=C\c1[nH]c(=O)n(C)c1C. The summed E-state index contributed by atoms with van der Waals surface area (Å²) >= 11 is 0. The molecule has 0 unspecified atom stereocenters. The summed E-state index contributed by atoms with van der Waals surface area (Å²) in [6.07, 6.45) is 3.79. The average Bonchev–Trinajstić information content (AvgIpc) is 2.19. The van der Waals surface area contributed by atoms with E-state index < -0.39 is 0 Å². The standard InChI is InChI=1S/C8H12N2O/c1-4-5-7-6(2)10(3)8(11)9-7/h4-5H,1-3H3,(H,9,11)/b5-4-. The zero-order chi connectivity index (χ0) is 8.43. The van der Waals surface area contributed by atoms with Gasteiger partial charge in [-0.2, -0.15) is 0 Å². The molecule has 60 valence electrons. The molecule has 0 amide bonds. The molecule has 1 N–H and O–H groups in total. The van der Waals surface area contributed by atoms with E-state index in [9.17, 15) is 4.79 Å². The molecule has 1 aromatic heterocycles. The van der Waals surface area contributed by atoms with Gasteiger partial charge in [-0.1, -0.05) is 6.08 Å². The summed E-state index contributed by atoms with van der Waals surface area (Å²) in [4.78, 5) is 13.7. The van der Waals surface area contributed by atoms with Crippen molar-refractivity contribution in [1.82, 2.24) is 9.55 Å². The van der Waals surface area contributed by atoms with E-state index in [1.807, 2.05) is 26.0 Å². The van der Waals surface area contributed by atoms with Crippen LogP contribution < -0.4 is 5.69 Å². The van der Waals surface area contributed by atoms with Crippen molar-refractivity contribution in [2.45, 2.75) is 13.8 Å². The molecule has 0 spiro atoms. The van der Waals surface area contributed by atoms with Gasteiger partial charge in [-0.05, 0) is 19.9 Å². The number of H-pyrrole nitrogens is 1. The van der Waals surface area contributed by atoms with Crippen LogP contribution in [-0.4, -0.2) is 9.55 Å². The van der Waals surface area contributed by atoms with E-state index in [4.69, 9.17) is 0 Å². The summed E-state index contributed by atoms with van der Waals surface area (Å²) in [6.45, 7) is 3.83. The summed E-state index contributed by atoms with van der Waals surface area (Å²) in [6, 6.07) is 0. The molecule has 0 aliphatic rings. The van der Waals surface area contributed by atoms with Crippen LogP contribution in [0.15, 0.2) is 10.9 Å². The first-order valence-electron chi connectivity index (χ1n) is 3.55.